The predicted molar refractivity (Wildman–Crippen MR) is 85.6 cm³/mol. The van der Waals surface area contributed by atoms with Gasteiger partial charge < -0.3 is 5.32 Å². The van der Waals surface area contributed by atoms with Crippen LogP contribution in [0.5, 0.6) is 0 Å². The normalized spacial score (nSPS) is 12.7. The highest BCUT2D eigenvalue weighted by Gasteiger charge is 2.17. The first-order chi connectivity index (χ1) is 8.61. The summed E-state index contributed by atoms with van der Waals surface area (Å²) in [5, 5.41) is 7.77. The minimum Gasteiger partial charge on any atom is -0.306 e. The van der Waals surface area contributed by atoms with E-state index in [0.717, 1.165) is 11.0 Å². The number of hydrogen-bond donors (Lipinski definition) is 1. The Labute approximate surface area is 129 Å². The molecule has 0 spiro atoms. The van der Waals surface area contributed by atoms with Crippen molar-refractivity contribution in [2.45, 2.75) is 13.0 Å². The minimum absolute atomic E-state index is 0.174. The van der Waals surface area contributed by atoms with Crippen LogP contribution < -0.4 is 5.32 Å². The molecule has 1 atom stereocenters. The summed E-state index contributed by atoms with van der Waals surface area (Å²) < 4.78 is 4.19. The van der Waals surface area contributed by atoms with Gasteiger partial charge >= 0.3 is 0 Å². The number of aryl methyl sites for hydroxylation is 1. The van der Waals surface area contributed by atoms with Crippen LogP contribution in [-0.4, -0.2) is 16.3 Å². The summed E-state index contributed by atoms with van der Waals surface area (Å²) in [5.41, 5.74) is 2.43. The molecule has 0 bridgehead atoms. The molecule has 0 radical (unpaired) electrons. The number of hydrogen-bond acceptors (Lipinski definition) is 2. The molecule has 3 nitrogen and oxygen atoms in total. The number of nitrogens with zero attached hydrogens (tertiary/aromatic N) is 2. The van der Waals surface area contributed by atoms with E-state index in [1.807, 2.05) is 17.9 Å². The molecule has 1 aromatic heterocycles. The van der Waals surface area contributed by atoms with Crippen LogP contribution in [0.4, 0.5) is 0 Å². The van der Waals surface area contributed by atoms with Crippen LogP contribution in [-0.2, 0) is 7.05 Å². The molecule has 2 rings (SSSR count). The van der Waals surface area contributed by atoms with E-state index in [0.29, 0.717) is 0 Å². The molecule has 0 aliphatic rings. The van der Waals surface area contributed by atoms with Crippen LogP contribution in [0.2, 0.25) is 0 Å². The quantitative estimate of drug-likeness (QED) is 0.768. The zero-order valence-corrected chi connectivity index (χ0v) is 14.1. The first-order valence-electron chi connectivity index (χ1n) is 5.78. The van der Waals surface area contributed by atoms with Crippen LogP contribution in [0.25, 0.3) is 0 Å². The van der Waals surface area contributed by atoms with Crippen molar-refractivity contribution < 1.29 is 0 Å². The van der Waals surface area contributed by atoms with Crippen molar-refractivity contribution in [1.82, 2.24) is 15.1 Å². The second-order valence-corrected chi connectivity index (χ2v) is 6.20. The molecular weight excluding hydrogens is 405 g/mol. The van der Waals surface area contributed by atoms with Gasteiger partial charge in [-0.25, -0.2) is 0 Å². The molecule has 0 saturated carbocycles. The standard InChI is InChI=1S/C13H15BrIN3/c1-3-16-13(9-7-17-18(2)8-9)11-6-10(15)4-5-12(11)14/h4-8,13,16H,3H2,1-2H3. The van der Waals surface area contributed by atoms with Gasteiger partial charge in [0.1, 0.15) is 0 Å². The molecule has 1 aromatic carbocycles. The number of benzene rings is 1. The molecule has 1 N–H and O–H groups in total. The molecule has 1 heterocycles. The molecule has 96 valence electrons. The van der Waals surface area contributed by atoms with E-state index in [1.54, 1.807) is 0 Å². The molecule has 2 aromatic rings. The Balaban J connectivity index is 2.44. The lowest BCUT2D eigenvalue weighted by molar-refractivity contribution is 0.627. The largest absolute Gasteiger partial charge is 0.306 e. The predicted octanol–water partition coefficient (Wildman–Crippen LogP) is 3.49. The average molecular weight is 420 g/mol. The van der Waals surface area contributed by atoms with Crippen molar-refractivity contribution in [2.24, 2.45) is 7.05 Å². The van der Waals surface area contributed by atoms with E-state index >= 15 is 0 Å². The molecular formula is C13H15BrIN3. The van der Waals surface area contributed by atoms with Crippen LogP contribution in [0.3, 0.4) is 0 Å². The summed E-state index contributed by atoms with van der Waals surface area (Å²) in [4.78, 5) is 0. The summed E-state index contributed by atoms with van der Waals surface area (Å²) >= 11 is 5.97. The zero-order valence-electron chi connectivity index (χ0n) is 10.3. The Morgan fingerprint density at radius 1 is 1.50 bits per heavy atom. The van der Waals surface area contributed by atoms with E-state index in [4.69, 9.17) is 0 Å². The first-order valence-corrected chi connectivity index (χ1v) is 7.66. The maximum absolute atomic E-state index is 4.26. The Morgan fingerprint density at radius 3 is 2.89 bits per heavy atom. The fourth-order valence-electron chi connectivity index (χ4n) is 1.94. The van der Waals surface area contributed by atoms with E-state index in [1.165, 1.54) is 14.7 Å². The molecule has 18 heavy (non-hydrogen) atoms. The highest BCUT2D eigenvalue weighted by atomic mass is 127. The van der Waals surface area contributed by atoms with Crippen molar-refractivity contribution >= 4 is 38.5 Å². The van der Waals surface area contributed by atoms with E-state index in [2.05, 4.69) is 80.3 Å². The second kappa shape index (κ2) is 6.16. The second-order valence-electron chi connectivity index (χ2n) is 4.10. The van der Waals surface area contributed by atoms with Crippen molar-refractivity contribution in [2.75, 3.05) is 6.54 Å². The summed E-state index contributed by atoms with van der Waals surface area (Å²) in [6.07, 6.45) is 3.97. The highest BCUT2D eigenvalue weighted by Crippen LogP contribution is 2.29. The highest BCUT2D eigenvalue weighted by molar-refractivity contribution is 14.1. The number of nitrogens with one attached hydrogen (secondary N) is 1. The minimum atomic E-state index is 0.174. The Bertz CT molecular complexity index is 539. The summed E-state index contributed by atoms with van der Waals surface area (Å²) in [6.45, 7) is 3.03. The van der Waals surface area contributed by atoms with Gasteiger partial charge in [-0.2, -0.15) is 5.10 Å². The fourth-order valence-corrected chi connectivity index (χ4v) is 2.93. The molecule has 5 heteroatoms. The average Bonchev–Trinajstić information content (AvgIpc) is 2.76. The summed E-state index contributed by atoms with van der Waals surface area (Å²) in [7, 11) is 1.94. The van der Waals surface area contributed by atoms with Crippen LogP contribution in [0.15, 0.2) is 35.1 Å². The lowest BCUT2D eigenvalue weighted by atomic mass is 10.0. The maximum Gasteiger partial charge on any atom is 0.0619 e. The van der Waals surface area contributed by atoms with Crippen molar-refractivity contribution in [3.63, 3.8) is 0 Å². The molecule has 0 saturated heterocycles. The van der Waals surface area contributed by atoms with Gasteiger partial charge in [0.2, 0.25) is 0 Å². The van der Waals surface area contributed by atoms with Gasteiger partial charge in [0.05, 0.1) is 12.2 Å². The third-order valence-corrected chi connectivity index (χ3v) is 4.13. The van der Waals surface area contributed by atoms with E-state index < -0.39 is 0 Å². The number of halogens is 2. The van der Waals surface area contributed by atoms with Gasteiger partial charge in [-0.05, 0) is 52.9 Å². The zero-order chi connectivity index (χ0) is 13.1. The van der Waals surface area contributed by atoms with Crippen molar-refractivity contribution in [3.8, 4) is 0 Å². The molecule has 0 fully saturated rings. The number of rotatable bonds is 4. The molecule has 0 aliphatic heterocycles. The Morgan fingerprint density at radius 2 is 2.28 bits per heavy atom. The molecule has 0 aliphatic carbocycles. The summed E-state index contributed by atoms with van der Waals surface area (Å²) in [5.74, 6) is 0. The topological polar surface area (TPSA) is 29.9 Å². The third-order valence-electron chi connectivity index (χ3n) is 2.74. The first kappa shape index (κ1) is 14.0. The molecule has 1 unspecified atom stereocenters. The van der Waals surface area contributed by atoms with Gasteiger partial charge in [0.15, 0.2) is 0 Å². The third kappa shape index (κ3) is 3.13. The van der Waals surface area contributed by atoms with Crippen molar-refractivity contribution in [3.05, 3.63) is 49.8 Å². The van der Waals surface area contributed by atoms with Gasteiger partial charge in [-0.1, -0.05) is 22.9 Å². The smallest absolute Gasteiger partial charge is 0.0619 e. The van der Waals surface area contributed by atoms with Crippen LogP contribution in [0.1, 0.15) is 24.1 Å². The van der Waals surface area contributed by atoms with E-state index in [9.17, 15) is 0 Å². The monoisotopic (exact) mass is 419 g/mol. The lowest BCUT2D eigenvalue weighted by Crippen LogP contribution is -2.22. The Hall–Kier alpha value is -0.400. The van der Waals surface area contributed by atoms with Gasteiger partial charge in [-0.15, -0.1) is 0 Å². The Kier molecular flexibility index (Phi) is 4.80. The van der Waals surface area contributed by atoms with Crippen molar-refractivity contribution in [1.29, 1.82) is 0 Å². The lowest BCUT2D eigenvalue weighted by Gasteiger charge is -2.18. The van der Waals surface area contributed by atoms with Crippen LogP contribution >= 0.6 is 38.5 Å². The van der Waals surface area contributed by atoms with Gasteiger partial charge in [-0.3, -0.25) is 4.68 Å². The van der Waals surface area contributed by atoms with Crippen LogP contribution in [0, 0.1) is 3.57 Å². The van der Waals surface area contributed by atoms with Gasteiger partial charge in [0.25, 0.3) is 0 Å². The number of aromatic nitrogens is 2. The maximum atomic E-state index is 4.26. The SMILES string of the molecule is CCNC(c1cnn(C)c1)c1cc(I)ccc1Br. The fraction of sp³-hybridized carbons (Fsp3) is 0.308. The summed E-state index contributed by atoms with van der Waals surface area (Å²) in [6, 6.07) is 6.57. The van der Waals surface area contributed by atoms with E-state index in [-0.39, 0.29) is 6.04 Å². The molecule has 0 amide bonds. The van der Waals surface area contributed by atoms with Gasteiger partial charge in [0, 0.05) is 26.9 Å².